The van der Waals surface area contributed by atoms with E-state index in [0.717, 1.165) is 18.9 Å². The molecular formula is C15H27N3. The normalized spacial score (nSPS) is 32.1. The Kier molecular flexibility index (Phi) is 4.29. The monoisotopic (exact) mass is 249 g/mol. The molecule has 0 bridgehead atoms. The molecule has 3 nitrogen and oxygen atoms in total. The van der Waals surface area contributed by atoms with Gasteiger partial charge >= 0.3 is 0 Å². The van der Waals surface area contributed by atoms with Crippen molar-refractivity contribution in [1.29, 1.82) is 5.26 Å². The van der Waals surface area contributed by atoms with Gasteiger partial charge in [-0.1, -0.05) is 6.92 Å². The van der Waals surface area contributed by atoms with Crippen LogP contribution in [0, 0.1) is 11.3 Å². The van der Waals surface area contributed by atoms with Crippen molar-refractivity contribution in [1.82, 2.24) is 10.2 Å². The van der Waals surface area contributed by atoms with Crippen molar-refractivity contribution in [2.45, 2.75) is 83.0 Å². The van der Waals surface area contributed by atoms with Gasteiger partial charge in [-0.2, -0.15) is 5.26 Å². The summed E-state index contributed by atoms with van der Waals surface area (Å²) >= 11 is 0. The molecule has 2 saturated carbocycles. The molecule has 0 amide bonds. The average Bonchev–Trinajstić information content (AvgIpc) is 3.08. The third-order valence-electron chi connectivity index (χ3n) is 4.23. The van der Waals surface area contributed by atoms with Crippen LogP contribution in [0.1, 0.15) is 59.3 Å². The predicted octanol–water partition coefficient (Wildman–Crippen LogP) is 2.67. The summed E-state index contributed by atoms with van der Waals surface area (Å²) in [5.74, 6) is 0. The van der Waals surface area contributed by atoms with E-state index in [-0.39, 0.29) is 5.54 Å². The second-order valence-corrected chi connectivity index (χ2v) is 6.36. The molecule has 102 valence electrons. The van der Waals surface area contributed by atoms with E-state index in [1.807, 2.05) is 0 Å². The lowest BCUT2D eigenvalue weighted by Gasteiger charge is -2.31. The molecule has 0 aromatic rings. The third kappa shape index (κ3) is 3.05. The summed E-state index contributed by atoms with van der Waals surface area (Å²) in [6.07, 6.45) is 7.17. The highest BCUT2D eigenvalue weighted by molar-refractivity contribution is 5.14. The maximum absolute atomic E-state index is 9.52. The van der Waals surface area contributed by atoms with Crippen molar-refractivity contribution < 1.29 is 0 Å². The van der Waals surface area contributed by atoms with E-state index < -0.39 is 0 Å². The van der Waals surface area contributed by atoms with E-state index in [2.05, 4.69) is 37.1 Å². The molecule has 2 atom stereocenters. The lowest BCUT2D eigenvalue weighted by atomic mass is 9.98. The summed E-state index contributed by atoms with van der Waals surface area (Å²) in [7, 11) is 0. The molecule has 0 aliphatic heterocycles. The Balaban J connectivity index is 1.98. The summed E-state index contributed by atoms with van der Waals surface area (Å²) in [5.41, 5.74) is -0.264. The molecule has 2 unspecified atom stereocenters. The Morgan fingerprint density at radius 3 is 2.56 bits per heavy atom. The molecule has 0 radical (unpaired) electrons. The highest BCUT2D eigenvalue weighted by atomic mass is 15.2. The largest absolute Gasteiger partial charge is 0.297 e. The fraction of sp³-hybridized carbons (Fsp3) is 0.933. The Hall–Kier alpha value is -0.590. The van der Waals surface area contributed by atoms with Gasteiger partial charge in [-0.3, -0.25) is 10.2 Å². The maximum Gasteiger partial charge on any atom is 0.108 e. The van der Waals surface area contributed by atoms with Crippen molar-refractivity contribution in [3.05, 3.63) is 0 Å². The highest BCUT2D eigenvalue weighted by Gasteiger charge is 2.44. The van der Waals surface area contributed by atoms with Gasteiger partial charge in [0.05, 0.1) is 6.07 Å². The first kappa shape index (κ1) is 13.8. The van der Waals surface area contributed by atoms with Crippen molar-refractivity contribution in [3.8, 4) is 6.07 Å². The van der Waals surface area contributed by atoms with Crippen LogP contribution in [0.3, 0.4) is 0 Å². The second kappa shape index (κ2) is 5.59. The van der Waals surface area contributed by atoms with Crippen LogP contribution in [0.2, 0.25) is 0 Å². The minimum absolute atomic E-state index is 0.264. The van der Waals surface area contributed by atoms with Crippen LogP contribution < -0.4 is 5.32 Å². The zero-order valence-electron chi connectivity index (χ0n) is 12.1. The summed E-state index contributed by atoms with van der Waals surface area (Å²) in [6.45, 7) is 7.74. The second-order valence-electron chi connectivity index (χ2n) is 6.36. The van der Waals surface area contributed by atoms with E-state index >= 15 is 0 Å². The van der Waals surface area contributed by atoms with Crippen LogP contribution in [0.4, 0.5) is 0 Å². The Morgan fingerprint density at radius 1 is 1.33 bits per heavy atom. The first-order valence-electron chi connectivity index (χ1n) is 7.55. The van der Waals surface area contributed by atoms with Gasteiger partial charge in [0, 0.05) is 18.1 Å². The van der Waals surface area contributed by atoms with Crippen LogP contribution in [0.5, 0.6) is 0 Å². The smallest absolute Gasteiger partial charge is 0.108 e. The first-order valence-corrected chi connectivity index (χ1v) is 7.55. The molecule has 2 fully saturated rings. The summed E-state index contributed by atoms with van der Waals surface area (Å²) < 4.78 is 0. The van der Waals surface area contributed by atoms with E-state index in [4.69, 9.17) is 0 Å². The van der Waals surface area contributed by atoms with Crippen molar-refractivity contribution in [2.24, 2.45) is 0 Å². The van der Waals surface area contributed by atoms with E-state index in [1.165, 1.54) is 32.2 Å². The van der Waals surface area contributed by atoms with Crippen molar-refractivity contribution >= 4 is 0 Å². The fourth-order valence-electron chi connectivity index (χ4n) is 3.45. The van der Waals surface area contributed by atoms with Gasteiger partial charge in [-0.25, -0.2) is 0 Å². The molecule has 0 spiro atoms. The molecule has 2 aliphatic carbocycles. The zero-order valence-corrected chi connectivity index (χ0v) is 12.1. The highest BCUT2D eigenvalue weighted by Crippen LogP contribution is 2.38. The van der Waals surface area contributed by atoms with Gasteiger partial charge in [0.2, 0.25) is 0 Å². The Labute approximate surface area is 112 Å². The summed E-state index contributed by atoms with van der Waals surface area (Å²) in [5, 5.41) is 13.0. The molecule has 2 aliphatic rings. The molecule has 3 heteroatoms. The molecule has 2 rings (SSSR count). The van der Waals surface area contributed by atoms with Crippen LogP contribution >= 0.6 is 0 Å². The van der Waals surface area contributed by atoms with Crippen LogP contribution in [0.25, 0.3) is 0 Å². The van der Waals surface area contributed by atoms with E-state index in [0.29, 0.717) is 12.1 Å². The van der Waals surface area contributed by atoms with Crippen LogP contribution in [-0.2, 0) is 0 Å². The van der Waals surface area contributed by atoms with Crippen LogP contribution in [-0.4, -0.2) is 35.1 Å². The molecule has 0 aromatic carbocycles. The molecule has 18 heavy (non-hydrogen) atoms. The number of rotatable bonds is 6. The predicted molar refractivity (Wildman–Crippen MR) is 74.3 cm³/mol. The zero-order chi connectivity index (χ0) is 13.2. The van der Waals surface area contributed by atoms with Gasteiger partial charge in [-0.05, 0) is 58.9 Å². The van der Waals surface area contributed by atoms with Gasteiger partial charge in [-0.15, -0.1) is 0 Å². The quantitative estimate of drug-likeness (QED) is 0.786. The van der Waals surface area contributed by atoms with E-state index in [9.17, 15) is 5.26 Å². The number of nitrogens with zero attached hydrogens (tertiary/aromatic N) is 2. The first-order chi connectivity index (χ1) is 8.60. The fourth-order valence-corrected chi connectivity index (χ4v) is 3.45. The van der Waals surface area contributed by atoms with Gasteiger partial charge in [0.15, 0.2) is 0 Å². The van der Waals surface area contributed by atoms with Crippen molar-refractivity contribution in [2.75, 3.05) is 6.54 Å². The van der Waals surface area contributed by atoms with Gasteiger partial charge < -0.3 is 0 Å². The average molecular weight is 249 g/mol. The maximum atomic E-state index is 9.52. The minimum Gasteiger partial charge on any atom is -0.297 e. The summed E-state index contributed by atoms with van der Waals surface area (Å²) in [4.78, 5) is 2.68. The van der Waals surface area contributed by atoms with Crippen molar-refractivity contribution in [3.63, 3.8) is 0 Å². The summed E-state index contributed by atoms with van der Waals surface area (Å²) in [6, 6.07) is 4.40. The molecule has 0 aromatic heterocycles. The third-order valence-corrected chi connectivity index (χ3v) is 4.23. The Bertz CT molecular complexity index is 316. The van der Waals surface area contributed by atoms with Gasteiger partial charge in [0.1, 0.15) is 5.54 Å². The standard InChI is InChI=1S/C15H27N3/c1-4-9-18(13-5-6-13)14-7-8-15(10-14,11-16)17-12(2)3/h12-14,17H,4-10H2,1-3H3. The lowest BCUT2D eigenvalue weighted by molar-refractivity contribution is 0.181. The number of hydrogen-bond donors (Lipinski definition) is 1. The molecule has 0 heterocycles. The Morgan fingerprint density at radius 2 is 2.06 bits per heavy atom. The lowest BCUT2D eigenvalue weighted by Crippen LogP contribution is -2.47. The van der Waals surface area contributed by atoms with Gasteiger partial charge in [0.25, 0.3) is 0 Å². The number of nitriles is 1. The number of nitrogens with one attached hydrogen (secondary N) is 1. The molecule has 0 saturated heterocycles. The van der Waals surface area contributed by atoms with Crippen LogP contribution in [0.15, 0.2) is 0 Å². The number of hydrogen-bond acceptors (Lipinski definition) is 3. The SMILES string of the molecule is CCCN(C1CC1)C1CCC(C#N)(NC(C)C)C1. The topological polar surface area (TPSA) is 39.1 Å². The molecular weight excluding hydrogens is 222 g/mol. The minimum atomic E-state index is -0.264. The molecule has 1 N–H and O–H groups in total. The van der Waals surface area contributed by atoms with E-state index in [1.54, 1.807) is 0 Å².